The third-order valence-electron chi connectivity index (χ3n) is 6.89. The SMILES string of the molecule is [CH2]C(CO)COC(=O)CCC(OCCCC1CCCCC1)OCCCC1CCCCC1. The summed E-state index contributed by atoms with van der Waals surface area (Å²) < 4.78 is 17.3. The minimum absolute atomic E-state index is 0.0793. The molecule has 2 rings (SSSR count). The molecule has 0 bridgehead atoms. The van der Waals surface area contributed by atoms with Crippen LogP contribution in [-0.4, -0.2) is 43.8 Å². The standard InChI is InChI=1S/C26H47O5/c1-22(20-27)21-31-25(28)16-17-26(29-18-8-14-23-10-4-2-5-11-23)30-19-9-15-24-12-6-3-7-13-24/h22-24,26-27H,1-21H2. The highest BCUT2D eigenvalue weighted by Crippen LogP contribution is 2.28. The molecule has 5 nitrogen and oxygen atoms in total. The minimum Gasteiger partial charge on any atom is -0.465 e. The Bertz CT molecular complexity index is 417. The van der Waals surface area contributed by atoms with E-state index in [0.717, 1.165) is 24.7 Å². The van der Waals surface area contributed by atoms with Crippen molar-refractivity contribution < 1.29 is 24.1 Å². The normalized spacial score (nSPS) is 19.6. The van der Waals surface area contributed by atoms with E-state index in [1.807, 2.05) is 0 Å². The van der Waals surface area contributed by atoms with E-state index in [0.29, 0.717) is 19.6 Å². The Balaban J connectivity index is 1.63. The molecule has 181 valence electrons. The van der Waals surface area contributed by atoms with Gasteiger partial charge in [-0.2, -0.15) is 0 Å². The van der Waals surface area contributed by atoms with Crippen LogP contribution in [-0.2, 0) is 19.0 Å². The van der Waals surface area contributed by atoms with Crippen LogP contribution >= 0.6 is 0 Å². The predicted molar refractivity (Wildman–Crippen MR) is 123 cm³/mol. The molecule has 1 radical (unpaired) electrons. The van der Waals surface area contributed by atoms with Crippen LogP contribution < -0.4 is 0 Å². The molecule has 1 atom stereocenters. The topological polar surface area (TPSA) is 65.0 Å². The van der Waals surface area contributed by atoms with Crippen LogP contribution in [0.25, 0.3) is 0 Å². The van der Waals surface area contributed by atoms with Crippen molar-refractivity contribution in [1.29, 1.82) is 0 Å². The first kappa shape index (κ1) is 26.6. The maximum atomic E-state index is 12.0. The summed E-state index contributed by atoms with van der Waals surface area (Å²) in [5.41, 5.74) is 0. The van der Waals surface area contributed by atoms with Gasteiger partial charge in [0.05, 0.1) is 13.0 Å². The van der Waals surface area contributed by atoms with Gasteiger partial charge < -0.3 is 19.3 Å². The van der Waals surface area contributed by atoms with Gasteiger partial charge in [0.1, 0.15) is 0 Å². The Kier molecular flexibility index (Phi) is 14.5. The van der Waals surface area contributed by atoms with E-state index in [1.165, 1.54) is 77.0 Å². The summed E-state index contributed by atoms with van der Waals surface area (Å²) in [6.45, 7) is 5.20. The lowest BCUT2D eigenvalue weighted by molar-refractivity contribution is -0.160. The van der Waals surface area contributed by atoms with Crippen molar-refractivity contribution in [3.8, 4) is 0 Å². The lowest BCUT2D eigenvalue weighted by atomic mass is 9.86. The summed E-state index contributed by atoms with van der Waals surface area (Å²) in [4.78, 5) is 12.0. The number of carbonyl (C=O) groups excluding carboxylic acids is 1. The molecule has 31 heavy (non-hydrogen) atoms. The van der Waals surface area contributed by atoms with E-state index in [4.69, 9.17) is 19.3 Å². The van der Waals surface area contributed by atoms with Crippen LogP contribution in [0.3, 0.4) is 0 Å². The van der Waals surface area contributed by atoms with Crippen molar-refractivity contribution in [2.45, 2.75) is 109 Å². The van der Waals surface area contributed by atoms with Gasteiger partial charge in [-0.25, -0.2) is 0 Å². The monoisotopic (exact) mass is 439 g/mol. The van der Waals surface area contributed by atoms with Crippen LogP contribution in [0, 0.1) is 24.7 Å². The second-order valence-corrected chi connectivity index (χ2v) is 9.73. The molecule has 2 saturated carbocycles. The van der Waals surface area contributed by atoms with E-state index in [9.17, 15) is 4.79 Å². The molecule has 5 heteroatoms. The van der Waals surface area contributed by atoms with Crippen molar-refractivity contribution in [3.05, 3.63) is 6.92 Å². The van der Waals surface area contributed by atoms with E-state index in [-0.39, 0.29) is 37.8 Å². The van der Waals surface area contributed by atoms with Crippen LogP contribution in [0.1, 0.15) is 103 Å². The summed E-state index contributed by atoms with van der Waals surface area (Å²) in [5, 5.41) is 9.00. The van der Waals surface area contributed by atoms with E-state index < -0.39 is 0 Å². The van der Waals surface area contributed by atoms with Crippen molar-refractivity contribution >= 4 is 5.97 Å². The highest BCUT2D eigenvalue weighted by atomic mass is 16.7. The molecule has 0 saturated heterocycles. The van der Waals surface area contributed by atoms with Gasteiger partial charge in [-0.05, 0) is 44.4 Å². The molecule has 0 amide bonds. The van der Waals surface area contributed by atoms with Crippen LogP contribution in [0.4, 0.5) is 0 Å². The Labute approximate surface area is 190 Å². The molecule has 2 fully saturated rings. The van der Waals surface area contributed by atoms with Crippen molar-refractivity contribution in [2.24, 2.45) is 17.8 Å². The fourth-order valence-corrected chi connectivity index (χ4v) is 4.91. The number of esters is 1. The van der Waals surface area contributed by atoms with E-state index in [2.05, 4.69) is 6.92 Å². The number of aliphatic hydroxyl groups is 1. The molecule has 0 heterocycles. The Morgan fingerprint density at radius 3 is 1.87 bits per heavy atom. The minimum atomic E-state index is -0.335. The number of aliphatic hydroxyl groups excluding tert-OH is 1. The van der Waals surface area contributed by atoms with Gasteiger partial charge in [0.15, 0.2) is 6.29 Å². The van der Waals surface area contributed by atoms with Gasteiger partial charge in [-0.1, -0.05) is 64.2 Å². The summed E-state index contributed by atoms with van der Waals surface area (Å²) >= 11 is 0. The fourth-order valence-electron chi connectivity index (χ4n) is 4.91. The molecule has 2 aliphatic rings. The fraction of sp³-hybridized carbons (Fsp3) is 0.923. The molecule has 0 aromatic carbocycles. The molecule has 2 aliphatic carbocycles. The zero-order valence-corrected chi connectivity index (χ0v) is 19.7. The Morgan fingerprint density at radius 1 is 0.871 bits per heavy atom. The average molecular weight is 440 g/mol. The summed E-state index contributed by atoms with van der Waals surface area (Å²) in [6.07, 6.45) is 18.9. The highest BCUT2D eigenvalue weighted by molar-refractivity contribution is 5.69. The van der Waals surface area contributed by atoms with E-state index in [1.54, 1.807) is 0 Å². The third-order valence-corrected chi connectivity index (χ3v) is 6.89. The number of carbonyl (C=O) groups is 1. The Hall–Kier alpha value is -0.650. The highest BCUT2D eigenvalue weighted by Gasteiger charge is 2.17. The maximum Gasteiger partial charge on any atom is 0.305 e. The summed E-state index contributed by atoms with van der Waals surface area (Å²) in [7, 11) is 0. The van der Waals surface area contributed by atoms with E-state index >= 15 is 0 Å². The van der Waals surface area contributed by atoms with Gasteiger partial charge in [0, 0.05) is 32.2 Å². The molecule has 1 unspecified atom stereocenters. The van der Waals surface area contributed by atoms with Crippen LogP contribution in [0.5, 0.6) is 0 Å². The van der Waals surface area contributed by atoms with Crippen molar-refractivity contribution in [1.82, 2.24) is 0 Å². The summed E-state index contributed by atoms with van der Waals surface area (Å²) in [5.74, 6) is 1.18. The molecule has 0 aromatic heterocycles. The molecule has 1 N–H and O–H groups in total. The van der Waals surface area contributed by atoms with Crippen molar-refractivity contribution in [2.75, 3.05) is 26.4 Å². The van der Waals surface area contributed by atoms with Crippen LogP contribution in [0.2, 0.25) is 0 Å². The molecular formula is C26H47O5. The summed E-state index contributed by atoms with van der Waals surface area (Å²) in [6, 6.07) is 0. The second-order valence-electron chi connectivity index (χ2n) is 9.73. The predicted octanol–water partition coefficient (Wildman–Crippen LogP) is 5.83. The van der Waals surface area contributed by atoms with Gasteiger partial charge in [0.2, 0.25) is 0 Å². The molecule has 0 aromatic rings. The molecule has 0 spiro atoms. The first-order valence-corrected chi connectivity index (χ1v) is 13.0. The maximum absolute atomic E-state index is 12.0. The van der Waals surface area contributed by atoms with Crippen molar-refractivity contribution in [3.63, 3.8) is 0 Å². The number of hydrogen-bond donors (Lipinski definition) is 1. The first-order valence-electron chi connectivity index (χ1n) is 13.0. The lowest BCUT2D eigenvalue weighted by Gasteiger charge is -2.23. The first-order chi connectivity index (χ1) is 15.2. The average Bonchev–Trinajstić information content (AvgIpc) is 2.82. The lowest BCUT2D eigenvalue weighted by Crippen LogP contribution is -2.22. The van der Waals surface area contributed by atoms with Crippen LogP contribution in [0.15, 0.2) is 0 Å². The number of ether oxygens (including phenoxy) is 3. The van der Waals surface area contributed by atoms with Gasteiger partial charge >= 0.3 is 5.97 Å². The van der Waals surface area contributed by atoms with Gasteiger partial charge in [-0.15, -0.1) is 0 Å². The smallest absolute Gasteiger partial charge is 0.305 e. The van der Waals surface area contributed by atoms with Gasteiger partial charge in [-0.3, -0.25) is 4.79 Å². The second kappa shape index (κ2) is 16.9. The van der Waals surface area contributed by atoms with Gasteiger partial charge in [0.25, 0.3) is 0 Å². The zero-order valence-electron chi connectivity index (χ0n) is 19.7. The Morgan fingerprint density at radius 2 is 1.39 bits per heavy atom. The largest absolute Gasteiger partial charge is 0.465 e. The molecular weight excluding hydrogens is 392 g/mol. The quantitative estimate of drug-likeness (QED) is 0.186. The number of hydrogen-bond acceptors (Lipinski definition) is 5. The third kappa shape index (κ3) is 12.8. The number of rotatable bonds is 16. The zero-order chi connectivity index (χ0) is 22.2. The molecule has 0 aliphatic heterocycles.